The molecule has 0 aliphatic carbocycles. The van der Waals surface area contributed by atoms with Crippen LogP contribution in [0, 0.1) is 6.92 Å². The van der Waals surface area contributed by atoms with Crippen LogP contribution in [-0.2, 0) is 4.74 Å². The highest BCUT2D eigenvalue weighted by Crippen LogP contribution is 2.41. The SMILES string of the molecule is CC.COc1cc(C)nc2ccc(C3=C(C)C4CC[C@H](C3)O4)cc12. The Kier molecular flexibility index (Phi) is 4.91. The molecule has 2 aliphatic rings. The van der Waals surface area contributed by atoms with Crippen molar-refractivity contribution < 1.29 is 9.47 Å². The zero-order chi connectivity index (χ0) is 17.3. The van der Waals surface area contributed by atoms with E-state index in [1.54, 1.807) is 7.11 Å². The van der Waals surface area contributed by atoms with Gasteiger partial charge in [-0.1, -0.05) is 19.9 Å². The van der Waals surface area contributed by atoms with Gasteiger partial charge in [-0.3, -0.25) is 4.98 Å². The summed E-state index contributed by atoms with van der Waals surface area (Å²) in [7, 11) is 1.72. The summed E-state index contributed by atoms with van der Waals surface area (Å²) in [5, 5.41) is 1.09. The van der Waals surface area contributed by atoms with Crippen LogP contribution in [0.25, 0.3) is 16.5 Å². The van der Waals surface area contributed by atoms with E-state index in [0.29, 0.717) is 12.2 Å². The van der Waals surface area contributed by atoms with E-state index in [2.05, 4.69) is 30.1 Å². The molecule has 4 rings (SSSR count). The Bertz CT molecular complexity index is 779. The molecule has 3 nitrogen and oxygen atoms in total. The van der Waals surface area contributed by atoms with Crippen LogP contribution in [0.5, 0.6) is 5.75 Å². The minimum Gasteiger partial charge on any atom is -0.496 e. The minimum atomic E-state index is 0.322. The molecular weight excluding hydrogens is 298 g/mol. The number of aryl methyl sites for hydroxylation is 1. The van der Waals surface area contributed by atoms with E-state index in [1.807, 2.05) is 26.8 Å². The molecule has 3 heterocycles. The molecule has 0 amide bonds. The summed E-state index contributed by atoms with van der Waals surface area (Å²) in [6.07, 6.45) is 4.09. The van der Waals surface area contributed by atoms with Crippen LogP contribution in [0.3, 0.4) is 0 Å². The molecule has 0 spiro atoms. The van der Waals surface area contributed by atoms with Crippen LogP contribution in [0.2, 0.25) is 0 Å². The Labute approximate surface area is 144 Å². The summed E-state index contributed by atoms with van der Waals surface area (Å²) in [5.41, 5.74) is 6.11. The molecule has 1 aromatic carbocycles. The van der Waals surface area contributed by atoms with Gasteiger partial charge in [-0.05, 0) is 62.0 Å². The zero-order valence-electron chi connectivity index (χ0n) is 15.3. The average Bonchev–Trinajstić information content (AvgIpc) is 3.02. The summed E-state index contributed by atoms with van der Waals surface area (Å²) in [5.74, 6) is 0.901. The van der Waals surface area contributed by atoms with Crippen LogP contribution in [0.15, 0.2) is 29.8 Å². The van der Waals surface area contributed by atoms with Crippen LogP contribution in [0.1, 0.15) is 51.3 Å². The Hall–Kier alpha value is -1.87. The lowest BCUT2D eigenvalue weighted by atomic mass is 9.92. The number of aromatic nitrogens is 1. The highest BCUT2D eigenvalue weighted by atomic mass is 16.5. The van der Waals surface area contributed by atoms with Crippen molar-refractivity contribution in [3.8, 4) is 5.75 Å². The second kappa shape index (κ2) is 6.94. The van der Waals surface area contributed by atoms with Crippen molar-refractivity contribution in [3.63, 3.8) is 0 Å². The van der Waals surface area contributed by atoms with Crippen molar-refractivity contribution in [1.29, 1.82) is 0 Å². The number of hydrogen-bond acceptors (Lipinski definition) is 3. The van der Waals surface area contributed by atoms with Crippen molar-refractivity contribution in [3.05, 3.63) is 41.1 Å². The molecule has 0 N–H and O–H groups in total. The third kappa shape index (κ3) is 2.93. The minimum absolute atomic E-state index is 0.322. The molecule has 3 heteroatoms. The molecular formula is C21H27NO2. The molecule has 2 bridgehead atoms. The lowest BCUT2D eigenvalue weighted by molar-refractivity contribution is 0.0599. The first-order chi connectivity index (χ1) is 11.7. The van der Waals surface area contributed by atoms with Crippen molar-refractivity contribution in [2.45, 2.75) is 59.2 Å². The van der Waals surface area contributed by atoms with Gasteiger partial charge in [0.05, 0.1) is 24.8 Å². The Balaban J connectivity index is 0.000000815. The summed E-state index contributed by atoms with van der Waals surface area (Å²) in [6.45, 7) is 8.22. The molecule has 1 saturated heterocycles. The van der Waals surface area contributed by atoms with E-state index in [4.69, 9.17) is 9.47 Å². The van der Waals surface area contributed by atoms with E-state index in [-0.39, 0.29) is 0 Å². The monoisotopic (exact) mass is 325 g/mol. The van der Waals surface area contributed by atoms with Gasteiger partial charge in [0, 0.05) is 17.1 Å². The number of hydrogen-bond donors (Lipinski definition) is 0. The Morgan fingerprint density at radius 2 is 1.92 bits per heavy atom. The molecule has 1 unspecified atom stereocenters. The van der Waals surface area contributed by atoms with E-state index in [9.17, 15) is 0 Å². The number of nitrogens with zero attached hydrogens (tertiary/aromatic N) is 1. The lowest BCUT2D eigenvalue weighted by Crippen LogP contribution is -2.19. The first-order valence-electron chi connectivity index (χ1n) is 8.96. The first kappa shape index (κ1) is 17.0. The number of methoxy groups -OCH3 is 1. The summed E-state index contributed by atoms with van der Waals surface area (Å²) >= 11 is 0. The highest BCUT2D eigenvalue weighted by molar-refractivity contribution is 5.89. The van der Waals surface area contributed by atoms with Gasteiger partial charge in [0.15, 0.2) is 0 Å². The van der Waals surface area contributed by atoms with Crippen molar-refractivity contribution >= 4 is 16.5 Å². The maximum Gasteiger partial charge on any atom is 0.130 e. The topological polar surface area (TPSA) is 31.4 Å². The van der Waals surface area contributed by atoms with Crippen molar-refractivity contribution in [1.82, 2.24) is 4.98 Å². The van der Waals surface area contributed by atoms with Gasteiger partial charge >= 0.3 is 0 Å². The number of fused-ring (bicyclic) bond motifs is 3. The zero-order valence-corrected chi connectivity index (χ0v) is 15.3. The van der Waals surface area contributed by atoms with E-state index >= 15 is 0 Å². The van der Waals surface area contributed by atoms with Crippen LogP contribution in [-0.4, -0.2) is 24.3 Å². The predicted molar refractivity (Wildman–Crippen MR) is 99.5 cm³/mol. The van der Waals surface area contributed by atoms with Gasteiger partial charge in [0.2, 0.25) is 0 Å². The van der Waals surface area contributed by atoms with Crippen molar-refractivity contribution in [2.75, 3.05) is 7.11 Å². The molecule has 128 valence electrons. The third-order valence-corrected chi connectivity index (χ3v) is 4.97. The maximum absolute atomic E-state index is 6.01. The quantitative estimate of drug-likeness (QED) is 0.750. The van der Waals surface area contributed by atoms with E-state index < -0.39 is 0 Å². The fraction of sp³-hybridized carbons (Fsp3) is 0.476. The molecule has 24 heavy (non-hydrogen) atoms. The number of benzene rings is 1. The predicted octanol–water partition coefficient (Wildman–Crippen LogP) is 5.30. The summed E-state index contributed by atoms with van der Waals surface area (Å²) in [6, 6.07) is 8.53. The third-order valence-electron chi connectivity index (χ3n) is 4.97. The van der Waals surface area contributed by atoms with E-state index in [0.717, 1.165) is 35.2 Å². The fourth-order valence-corrected chi connectivity index (χ4v) is 3.78. The first-order valence-corrected chi connectivity index (χ1v) is 8.96. The largest absolute Gasteiger partial charge is 0.496 e. The smallest absolute Gasteiger partial charge is 0.130 e. The Morgan fingerprint density at radius 3 is 2.67 bits per heavy atom. The fourth-order valence-electron chi connectivity index (χ4n) is 3.78. The second-order valence-corrected chi connectivity index (χ2v) is 6.39. The molecule has 2 aromatic rings. The van der Waals surface area contributed by atoms with Gasteiger partial charge in [-0.15, -0.1) is 0 Å². The highest BCUT2D eigenvalue weighted by Gasteiger charge is 2.33. The van der Waals surface area contributed by atoms with Gasteiger partial charge in [-0.2, -0.15) is 0 Å². The molecule has 1 aromatic heterocycles. The number of ether oxygens (including phenoxy) is 2. The second-order valence-electron chi connectivity index (χ2n) is 6.39. The molecule has 2 aliphatic heterocycles. The van der Waals surface area contributed by atoms with Gasteiger partial charge in [-0.25, -0.2) is 0 Å². The Morgan fingerprint density at radius 1 is 1.12 bits per heavy atom. The number of rotatable bonds is 2. The maximum atomic E-state index is 6.01. The molecule has 0 saturated carbocycles. The van der Waals surface area contributed by atoms with Gasteiger partial charge < -0.3 is 9.47 Å². The van der Waals surface area contributed by atoms with Crippen molar-refractivity contribution in [2.24, 2.45) is 0 Å². The molecule has 1 fully saturated rings. The van der Waals surface area contributed by atoms with E-state index in [1.165, 1.54) is 23.1 Å². The molecule has 2 atom stereocenters. The number of pyridine rings is 1. The average molecular weight is 325 g/mol. The van der Waals surface area contributed by atoms with Crippen LogP contribution in [0.4, 0.5) is 0 Å². The summed E-state index contributed by atoms with van der Waals surface area (Å²) in [4.78, 5) is 4.61. The van der Waals surface area contributed by atoms with Gasteiger partial charge in [0.1, 0.15) is 5.75 Å². The normalized spacial score (nSPS) is 22.4. The van der Waals surface area contributed by atoms with Crippen LogP contribution >= 0.6 is 0 Å². The lowest BCUT2D eigenvalue weighted by Gasteiger charge is -2.25. The molecule has 0 radical (unpaired) electrons. The van der Waals surface area contributed by atoms with Gasteiger partial charge in [0.25, 0.3) is 0 Å². The standard InChI is InChI=1S/C19H21NO2.C2H6/c1-11-8-19(21-3)16-9-13(4-6-17(16)20-11)15-10-14-5-7-18(22-14)12(15)2;1-2/h4,6,8-9,14,18H,5,7,10H2,1-3H3;1-2H3/t14-,18?;/m1./s1. The summed E-state index contributed by atoms with van der Waals surface area (Å²) < 4.78 is 11.6. The van der Waals surface area contributed by atoms with Crippen LogP contribution < -0.4 is 4.74 Å².